The summed E-state index contributed by atoms with van der Waals surface area (Å²) in [5.74, 6) is -1.25. The molecule has 3 rings (SSSR count). The third-order valence-electron chi connectivity index (χ3n) is 4.25. The van der Waals surface area contributed by atoms with Crippen molar-refractivity contribution in [3.63, 3.8) is 0 Å². The van der Waals surface area contributed by atoms with Crippen molar-refractivity contribution >= 4 is 23.4 Å². The van der Waals surface area contributed by atoms with Gasteiger partial charge < -0.3 is 10.2 Å². The van der Waals surface area contributed by atoms with E-state index < -0.39 is 11.6 Å². The Kier molecular flexibility index (Phi) is 6.04. The molecule has 0 radical (unpaired) electrons. The highest BCUT2D eigenvalue weighted by molar-refractivity contribution is 8.00. The monoisotopic (exact) mass is 363 g/mol. The van der Waals surface area contributed by atoms with Gasteiger partial charge in [0.25, 0.3) is 0 Å². The minimum absolute atomic E-state index is 0.0278. The maximum Gasteiger partial charge on any atom is 0.234 e. The zero-order valence-electron chi connectivity index (χ0n) is 13.9. The fraction of sp³-hybridized carbons (Fsp3) is 0.316. The number of anilines is 1. The second kappa shape index (κ2) is 8.45. The molecule has 2 N–H and O–H groups in total. The lowest BCUT2D eigenvalue weighted by molar-refractivity contribution is -0.901. The molecule has 1 amide bonds. The highest BCUT2D eigenvalue weighted by Crippen LogP contribution is 2.22. The Morgan fingerprint density at radius 3 is 2.52 bits per heavy atom. The molecule has 0 atom stereocenters. The summed E-state index contributed by atoms with van der Waals surface area (Å²) in [5.41, 5.74) is 1.97. The molecule has 0 aromatic heterocycles. The van der Waals surface area contributed by atoms with Crippen LogP contribution in [0.25, 0.3) is 0 Å². The highest BCUT2D eigenvalue weighted by atomic mass is 32.2. The first-order chi connectivity index (χ1) is 12.1. The Morgan fingerprint density at radius 2 is 1.80 bits per heavy atom. The average molecular weight is 363 g/mol. The zero-order chi connectivity index (χ0) is 17.6. The highest BCUT2D eigenvalue weighted by Gasteiger charge is 2.15. The first kappa shape index (κ1) is 17.9. The van der Waals surface area contributed by atoms with Crippen molar-refractivity contribution in [2.24, 2.45) is 0 Å². The van der Waals surface area contributed by atoms with Crippen molar-refractivity contribution in [1.29, 1.82) is 0 Å². The molecule has 0 unspecified atom stereocenters. The van der Waals surface area contributed by atoms with Crippen LogP contribution in [0.1, 0.15) is 18.4 Å². The maximum atomic E-state index is 13.5. The molecule has 2 aromatic carbocycles. The predicted octanol–water partition coefficient (Wildman–Crippen LogP) is 2.87. The molecule has 1 saturated heterocycles. The normalized spacial score (nSPS) is 14.6. The van der Waals surface area contributed by atoms with E-state index in [2.05, 4.69) is 5.32 Å². The van der Waals surface area contributed by atoms with Crippen molar-refractivity contribution in [1.82, 2.24) is 0 Å². The Balaban J connectivity index is 1.49. The van der Waals surface area contributed by atoms with Gasteiger partial charge in [0.1, 0.15) is 18.2 Å². The molecule has 2 aromatic rings. The summed E-state index contributed by atoms with van der Waals surface area (Å²) in [5, 5.41) is 2.78. The molecule has 1 fully saturated rings. The number of rotatable bonds is 6. The van der Waals surface area contributed by atoms with Gasteiger partial charge >= 0.3 is 0 Å². The van der Waals surface area contributed by atoms with Gasteiger partial charge in [-0.2, -0.15) is 0 Å². The molecular formula is C19H21F2N2OS+. The van der Waals surface area contributed by atoms with Gasteiger partial charge in [0.15, 0.2) is 0 Å². The largest absolute Gasteiger partial charge is 0.331 e. The van der Waals surface area contributed by atoms with Crippen LogP contribution in [0.5, 0.6) is 0 Å². The van der Waals surface area contributed by atoms with Gasteiger partial charge in [-0.3, -0.25) is 4.79 Å². The van der Waals surface area contributed by atoms with E-state index in [1.54, 1.807) is 4.90 Å². The maximum absolute atomic E-state index is 13.5. The van der Waals surface area contributed by atoms with E-state index in [9.17, 15) is 13.6 Å². The van der Waals surface area contributed by atoms with Crippen LogP contribution >= 0.6 is 11.8 Å². The quantitative estimate of drug-likeness (QED) is 0.774. The number of nitrogens with one attached hydrogen (secondary N) is 2. The summed E-state index contributed by atoms with van der Waals surface area (Å²) in [7, 11) is 0. The number of amides is 1. The molecule has 1 heterocycles. The number of carbonyl (C=O) groups excluding carboxylic acids is 1. The van der Waals surface area contributed by atoms with Crippen LogP contribution in [0.2, 0.25) is 0 Å². The lowest BCUT2D eigenvalue weighted by Gasteiger charge is -2.12. The first-order valence-electron chi connectivity index (χ1n) is 8.40. The summed E-state index contributed by atoms with van der Waals surface area (Å²) in [6.07, 6.45) is 2.60. The van der Waals surface area contributed by atoms with Crippen LogP contribution in [-0.4, -0.2) is 24.7 Å². The summed E-state index contributed by atoms with van der Waals surface area (Å²) in [4.78, 5) is 13.7. The molecule has 0 spiro atoms. The molecule has 132 valence electrons. The van der Waals surface area contributed by atoms with Crippen LogP contribution in [0.3, 0.4) is 0 Å². The zero-order valence-corrected chi connectivity index (χ0v) is 14.7. The summed E-state index contributed by atoms with van der Waals surface area (Å²) in [6.45, 7) is 3.47. The Labute approximate surface area is 150 Å². The van der Waals surface area contributed by atoms with E-state index >= 15 is 0 Å². The predicted molar refractivity (Wildman–Crippen MR) is 95.8 cm³/mol. The number of halogens is 2. The minimum Gasteiger partial charge on any atom is -0.331 e. The van der Waals surface area contributed by atoms with Crippen molar-refractivity contribution in [2.45, 2.75) is 24.3 Å². The third kappa shape index (κ3) is 5.28. The van der Waals surface area contributed by atoms with Crippen molar-refractivity contribution in [2.75, 3.05) is 24.2 Å². The number of likely N-dealkylation sites (tertiary alicyclic amines) is 1. The van der Waals surface area contributed by atoms with Crippen LogP contribution in [-0.2, 0) is 11.3 Å². The van der Waals surface area contributed by atoms with Gasteiger partial charge in [0.2, 0.25) is 5.91 Å². The van der Waals surface area contributed by atoms with Crippen LogP contribution < -0.4 is 10.2 Å². The second-order valence-corrected chi connectivity index (χ2v) is 7.26. The van der Waals surface area contributed by atoms with Gasteiger partial charge in [-0.05, 0) is 30.3 Å². The summed E-state index contributed by atoms with van der Waals surface area (Å²) in [6, 6.07) is 11.1. The fourth-order valence-corrected chi connectivity index (χ4v) is 3.74. The molecule has 0 aliphatic carbocycles. The van der Waals surface area contributed by atoms with Crippen LogP contribution in [0.15, 0.2) is 47.4 Å². The summed E-state index contributed by atoms with van der Waals surface area (Å²) >= 11 is 0.983. The van der Waals surface area contributed by atoms with Crippen molar-refractivity contribution < 1.29 is 18.5 Å². The lowest BCUT2D eigenvalue weighted by atomic mass is 10.2. The van der Waals surface area contributed by atoms with Gasteiger partial charge in [-0.15, -0.1) is 11.8 Å². The molecule has 1 aliphatic rings. The molecular weight excluding hydrogens is 342 g/mol. The number of benzene rings is 2. The summed E-state index contributed by atoms with van der Waals surface area (Å²) < 4.78 is 26.7. The van der Waals surface area contributed by atoms with E-state index in [1.807, 2.05) is 24.3 Å². The second-order valence-electron chi connectivity index (χ2n) is 6.24. The molecule has 1 aliphatic heterocycles. The van der Waals surface area contributed by atoms with E-state index in [4.69, 9.17) is 0 Å². The Morgan fingerprint density at radius 1 is 1.08 bits per heavy atom. The fourth-order valence-electron chi connectivity index (χ4n) is 2.97. The number of thioether (sulfide) groups is 1. The number of hydrogen-bond acceptors (Lipinski definition) is 2. The van der Waals surface area contributed by atoms with Crippen LogP contribution in [0, 0.1) is 11.6 Å². The van der Waals surface area contributed by atoms with Crippen LogP contribution in [0.4, 0.5) is 14.5 Å². The van der Waals surface area contributed by atoms with E-state index in [0.717, 1.165) is 36.5 Å². The van der Waals surface area contributed by atoms with Gasteiger partial charge in [0.05, 0.1) is 18.8 Å². The molecule has 25 heavy (non-hydrogen) atoms. The Bertz CT molecular complexity index is 731. The molecule has 0 bridgehead atoms. The van der Waals surface area contributed by atoms with Crippen molar-refractivity contribution in [3.05, 3.63) is 59.7 Å². The van der Waals surface area contributed by atoms with Gasteiger partial charge in [-0.1, -0.05) is 12.1 Å². The van der Waals surface area contributed by atoms with Crippen molar-refractivity contribution in [3.8, 4) is 0 Å². The SMILES string of the molecule is O=C(CSc1cc(F)ccc1F)Nc1ccc(C[NH+]2CCCC2)cc1. The molecule has 6 heteroatoms. The smallest absolute Gasteiger partial charge is 0.234 e. The van der Waals surface area contributed by atoms with E-state index in [-0.39, 0.29) is 16.6 Å². The minimum atomic E-state index is -0.520. The lowest BCUT2D eigenvalue weighted by Crippen LogP contribution is -3.08. The molecule has 0 saturated carbocycles. The van der Waals surface area contributed by atoms with Gasteiger partial charge in [0, 0.05) is 29.0 Å². The number of hydrogen-bond donors (Lipinski definition) is 2. The Hall–Kier alpha value is -1.92. The topological polar surface area (TPSA) is 33.5 Å². The molecule has 3 nitrogen and oxygen atoms in total. The third-order valence-corrected chi connectivity index (χ3v) is 5.28. The average Bonchev–Trinajstić information content (AvgIpc) is 3.10. The van der Waals surface area contributed by atoms with E-state index in [1.165, 1.54) is 31.5 Å². The first-order valence-corrected chi connectivity index (χ1v) is 9.39. The van der Waals surface area contributed by atoms with Gasteiger partial charge in [-0.25, -0.2) is 8.78 Å². The number of carbonyl (C=O) groups is 1. The number of quaternary nitrogens is 1. The van der Waals surface area contributed by atoms with E-state index in [0.29, 0.717) is 5.69 Å². The standard InChI is InChI=1S/C19H20F2N2OS/c20-15-5-8-17(21)18(11-15)25-13-19(24)22-16-6-3-14(4-7-16)12-23-9-1-2-10-23/h3-8,11H,1-2,9-10,12-13H2,(H,22,24)/p+1.